The van der Waals surface area contributed by atoms with Crippen LogP contribution in [0, 0.1) is 0 Å². The van der Waals surface area contributed by atoms with E-state index in [-0.39, 0.29) is 5.41 Å². The third-order valence-electron chi connectivity index (χ3n) is 2.82. The highest BCUT2D eigenvalue weighted by Crippen LogP contribution is 2.29. The van der Waals surface area contributed by atoms with Gasteiger partial charge in [-0.3, -0.25) is 0 Å². The molecule has 0 radical (unpaired) electrons. The molecule has 2 rings (SSSR count). The minimum atomic E-state index is 0.115. The van der Waals surface area contributed by atoms with Gasteiger partial charge in [-0.1, -0.05) is 39.0 Å². The van der Waals surface area contributed by atoms with Crippen LogP contribution in [0.1, 0.15) is 32.1 Å². The number of hydrogen-bond donors (Lipinski definition) is 1. The van der Waals surface area contributed by atoms with Gasteiger partial charge in [-0.2, -0.15) is 0 Å². The SMILES string of the molecule is CC(C)(C)c1ccccc1NCc1ccc(Cl)o1. The molecule has 0 aliphatic heterocycles. The van der Waals surface area contributed by atoms with Crippen LogP contribution in [0.15, 0.2) is 40.8 Å². The maximum atomic E-state index is 5.75. The monoisotopic (exact) mass is 263 g/mol. The van der Waals surface area contributed by atoms with Crippen molar-refractivity contribution in [3.8, 4) is 0 Å². The van der Waals surface area contributed by atoms with E-state index in [1.165, 1.54) is 5.56 Å². The zero-order valence-electron chi connectivity index (χ0n) is 11.0. The number of hydrogen-bond acceptors (Lipinski definition) is 2. The van der Waals surface area contributed by atoms with Crippen molar-refractivity contribution in [3.05, 3.63) is 52.9 Å². The molecule has 1 aromatic heterocycles. The lowest BCUT2D eigenvalue weighted by atomic mass is 9.86. The summed E-state index contributed by atoms with van der Waals surface area (Å²) in [4.78, 5) is 0. The largest absolute Gasteiger partial charge is 0.448 e. The molecule has 0 fully saturated rings. The zero-order chi connectivity index (χ0) is 13.2. The fourth-order valence-corrected chi connectivity index (χ4v) is 2.08. The van der Waals surface area contributed by atoms with Crippen LogP contribution in [0.3, 0.4) is 0 Å². The number of para-hydroxylation sites is 1. The molecular weight excluding hydrogens is 246 g/mol. The van der Waals surface area contributed by atoms with Crippen molar-refractivity contribution >= 4 is 17.3 Å². The second-order valence-electron chi connectivity index (χ2n) is 5.35. The first-order valence-corrected chi connectivity index (χ1v) is 6.42. The average Bonchev–Trinajstić information content (AvgIpc) is 2.72. The van der Waals surface area contributed by atoms with Crippen molar-refractivity contribution in [2.24, 2.45) is 0 Å². The van der Waals surface area contributed by atoms with Crippen molar-refractivity contribution in [2.45, 2.75) is 32.7 Å². The molecule has 0 bridgehead atoms. The van der Waals surface area contributed by atoms with Gasteiger partial charge >= 0.3 is 0 Å². The Morgan fingerprint density at radius 2 is 1.83 bits per heavy atom. The summed E-state index contributed by atoms with van der Waals surface area (Å²) in [6.45, 7) is 7.26. The molecule has 1 heterocycles. The van der Waals surface area contributed by atoms with E-state index in [1.807, 2.05) is 12.1 Å². The Morgan fingerprint density at radius 3 is 2.44 bits per heavy atom. The molecule has 0 unspecified atom stereocenters. The van der Waals surface area contributed by atoms with Crippen molar-refractivity contribution < 1.29 is 4.42 Å². The summed E-state index contributed by atoms with van der Waals surface area (Å²) in [6, 6.07) is 12.0. The van der Waals surface area contributed by atoms with Crippen LogP contribution in [0.2, 0.25) is 5.22 Å². The van der Waals surface area contributed by atoms with Gasteiger partial charge in [0.25, 0.3) is 0 Å². The van der Waals surface area contributed by atoms with E-state index in [9.17, 15) is 0 Å². The number of rotatable bonds is 3. The number of furan rings is 1. The molecule has 2 nitrogen and oxygen atoms in total. The van der Waals surface area contributed by atoms with E-state index in [1.54, 1.807) is 6.07 Å². The van der Waals surface area contributed by atoms with Crippen molar-refractivity contribution in [3.63, 3.8) is 0 Å². The third kappa shape index (κ3) is 3.08. The highest BCUT2D eigenvalue weighted by Gasteiger charge is 2.17. The smallest absolute Gasteiger partial charge is 0.193 e. The first-order chi connectivity index (χ1) is 8.47. The first-order valence-electron chi connectivity index (χ1n) is 6.04. The summed E-state index contributed by atoms with van der Waals surface area (Å²) in [7, 11) is 0. The van der Waals surface area contributed by atoms with Gasteiger partial charge in [-0.25, -0.2) is 0 Å². The lowest BCUT2D eigenvalue weighted by Gasteiger charge is -2.23. The predicted molar refractivity (Wildman–Crippen MR) is 76.2 cm³/mol. The first kappa shape index (κ1) is 13.0. The maximum absolute atomic E-state index is 5.75. The van der Waals surface area contributed by atoms with E-state index >= 15 is 0 Å². The second kappa shape index (κ2) is 5.07. The molecule has 96 valence electrons. The van der Waals surface area contributed by atoms with E-state index in [0.29, 0.717) is 11.8 Å². The van der Waals surface area contributed by atoms with Crippen LogP contribution in [-0.2, 0) is 12.0 Å². The van der Waals surface area contributed by atoms with Crippen LogP contribution in [-0.4, -0.2) is 0 Å². The molecular formula is C15H18ClNO. The summed E-state index contributed by atoms with van der Waals surface area (Å²) in [5, 5.41) is 3.82. The Bertz CT molecular complexity index is 525. The van der Waals surface area contributed by atoms with Gasteiger partial charge in [0, 0.05) is 5.69 Å². The number of nitrogens with one attached hydrogen (secondary N) is 1. The molecule has 0 atom stereocenters. The fraction of sp³-hybridized carbons (Fsp3) is 0.333. The predicted octanol–water partition coefficient (Wildman–Crippen LogP) is 4.84. The Balaban J connectivity index is 2.14. The summed E-state index contributed by atoms with van der Waals surface area (Å²) in [5.74, 6) is 0.837. The molecule has 1 aromatic carbocycles. The summed E-state index contributed by atoms with van der Waals surface area (Å²) in [5.41, 5.74) is 2.55. The van der Waals surface area contributed by atoms with Gasteiger partial charge in [0.15, 0.2) is 5.22 Å². The molecule has 2 aromatic rings. The Morgan fingerprint density at radius 1 is 1.11 bits per heavy atom. The van der Waals surface area contributed by atoms with Gasteiger partial charge in [-0.05, 0) is 40.8 Å². The van der Waals surface area contributed by atoms with Gasteiger partial charge in [0.2, 0.25) is 0 Å². The summed E-state index contributed by atoms with van der Waals surface area (Å²) >= 11 is 5.75. The van der Waals surface area contributed by atoms with Crippen molar-refractivity contribution in [1.82, 2.24) is 0 Å². The summed E-state index contributed by atoms with van der Waals surface area (Å²) < 4.78 is 5.33. The number of halogens is 1. The van der Waals surface area contributed by atoms with Crippen LogP contribution >= 0.6 is 11.6 Å². The van der Waals surface area contributed by atoms with E-state index in [2.05, 4.69) is 44.3 Å². The maximum Gasteiger partial charge on any atom is 0.193 e. The summed E-state index contributed by atoms with van der Waals surface area (Å²) in [6.07, 6.45) is 0. The molecule has 0 spiro atoms. The highest BCUT2D eigenvalue weighted by atomic mass is 35.5. The van der Waals surface area contributed by atoms with Gasteiger partial charge in [-0.15, -0.1) is 0 Å². The molecule has 3 heteroatoms. The van der Waals surface area contributed by atoms with Gasteiger partial charge in [0.1, 0.15) is 5.76 Å². The number of benzene rings is 1. The van der Waals surface area contributed by atoms with Crippen LogP contribution in [0.5, 0.6) is 0 Å². The average molecular weight is 264 g/mol. The highest BCUT2D eigenvalue weighted by molar-refractivity contribution is 6.28. The van der Waals surface area contributed by atoms with Crippen molar-refractivity contribution in [2.75, 3.05) is 5.32 Å². The minimum Gasteiger partial charge on any atom is -0.448 e. The van der Waals surface area contributed by atoms with E-state index in [0.717, 1.165) is 11.4 Å². The van der Waals surface area contributed by atoms with Crippen LogP contribution < -0.4 is 5.32 Å². The topological polar surface area (TPSA) is 25.2 Å². The molecule has 0 aliphatic rings. The fourth-order valence-electron chi connectivity index (χ4n) is 1.92. The lowest BCUT2D eigenvalue weighted by Crippen LogP contribution is -2.14. The minimum absolute atomic E-state index is 0.115. The third-order valence-corrected chi connectivity index (χ3v) is 3.02. The van der Waals surface area contributed by atoms with Gasteiger partial charge in [0.05, 0.1) is 6.54 Å². The molecule has 0 saturated carbocycles. The Hall–Kier alpha value is -1.41. The van der Waals surface area contributed by atoms with E-state index < -0.39 is 0 Å². The molecule has 0 amide bonds. The quantitative estimate of drug-likeness (QED) is 0.857. The molecule has 1 N–H and O–H groups in total. The molecule has 0 aliphatic carbocycles. The molecule has 0 saturated heterocycles. The van der Waals surface area contributed by atoms with Gasteiger partial charge < -0.3 is 9.73 Å². The standard InChI is InChI=1S/C15H18ClNO/c1-15(2,3)12-6-4-5-7-13(12)17-10-11-8-9-14(16)18-11/h4-9,17H,10H2,1-3H3. The lowest BCUT2D eigenvalue weighted by molar-refractivity contribution is 0.519. The number of anilines is 1. The van der Waals surface area contributed by atoms with Crippen LogP contribution in [0.4, 0.5) is 5.69 Å². The van der Waals surface area contributed by atoms with E-state index in [4.69, 9.17) is 16.0 Å². The Labute approximate surface area is 113 Å². The molecule has 18 heavy (non-hydrogen) atoms. The van der Waals surface area contributed by atoms with Crippen molar-refractivity contribution in [1.29, 1.82) is 0 Å². The zero-order valence-corrected chi connectivity index (χ0v) is 11.7. The Kier molecular flexibility index (Phi) is 3.67. The normalized spacial score (nSPS) is 11.6. The second-order valence-corrected chi connectivity index (χ2v) is 5.73. The van der Waals surface area contributed by atoms with Crippen LogP contribution in [0.25, 0.3) is 0 Å².